The highest BCUT2D eigenvalue weighted by atomic mass is 31.2. The summed E-state index contributed by atoms with van der Waals surface area (Å²) in [7, 11) is -2.59. The minimum Gasteiger partial charge on any atom is -0.326 e. The van der Waals surface area contributed by atoms with Gasteiger partial charge in [-0.25, -0.2) is 0 Å². The Labute approximate surface area is 92.1 Å². The van der Waals surface area contributed by atoms with Gasteiger partial charge in [0.15, 0.2) is 0 Å². The molecule has 1 rings (SSSR count). The van der Waals surface area contributed by atoms with Crippen molar-refractivity contribution in [3.05, 3.63) is 30.3 Å². The maximum absolute atomic E-state index is 12.6. The molecule has 0 aliphatic heterocycles. The van der Waals surface area contributed by atoms with Crippen LogP contribution >= 0.6 is 7.37 Å². The molecule has 1 aromatic rings. The van der Waals surface area contributed by atoms with Crippen LogP contribution in [0.15, 0.2) is 30.3 Å². The third kappa shape index (κ3) is 3.48. The molecule has 1 aromatic carbocycles. The Hall–Kier alpha value is -0.590. The molecule has 1 atom stereocenters. The molecule has 0 spiro atoms. The summed E-state index contributed by atoms with van der Waals surface area (Å²) in [5.41, 5.74) is 0. The molecule has 1 unspecified atom stereocenters. The van der Waals surface area contributed by atoms with Crippen molar-refractivity contribution in [3.63, 3.8) is 0 Å². The molecule has 0 saturated heterocycles. The fourth-order valence-electron chi connectivity index (χ4n) is 1.50. The monoisotopic (exact) mass is 226 g/mol. The molecule has 84 valence electrons. The van der Waals surface area contributed by atoms with Gasteiger partial charge in [0, 0.05) is 11.5 Å². The first-order chi connectivity index (χ1) is 7.23. The summed E-state index contributed by atoms with van der Waals surface area (Å²) in [5, 5.41) is 0.848. The van der Waals surface area contributed by atoms with Gasteiger partial charge in [-0.3, -0.25) is 4.57 Å². The molecule has 0 aromatic heterocycles. The first kappa shape index (κ1) is 12.5. The second kappa shape index (κ2) is 6.09. The van der Waals surface area contributed by atoms with Crippen LogP contribution in [-0.4, -0.2) is 12.8 Å². The van der Waals surface area contributed by atoms with Crippen molar-refractivity contribution >= 4 is 12.7 Å². The van der Waals surface area contributed by atoms with Gasteiger partial charge in [0.1, 0.15) is 0 Å². The highest BCUT2D eigenvalue weighted by molar-refractivity contribution is 7.67. The molecule has 0 radical (unpaired) electrons. The largest absolute Gasteiger partial charge is 0.326 e. The molecule has 3 heteroatoms. The van der Waals surface area contributed by atoms with E-state index >= 15 is 0 Å². The molecule has 0 bridgehead atoms. The topological polar surface area (TPSA) is 26.3 Å². The van der Waals surface area contributed by atoms with Gasteiger partial charge in [-0.1, -0.05) is 31.5 Å². The van der Waals surface area contributed by atoms with Crippen LogP contribution in [0, 0.1) is 0 Å². The fourth-order valence-corrected chi connectivity index (χ4v) is 3.81. The number of hydrogen-bond donors (Lipinski definition) is 0. The first-order valence-electron chi connectivity index (χ1n) is 5.52. The average Bonchev–Trinajstić information content (AvgIpc) is 2.28. The maximum atomic E-state index is 12.6. The Morgan fingerprint density at radius 3 is 2.40 bits per heavy atom. The maximum Gasteiger partial charge on any atom is 0.232 e. The van der Waals surface area contributed by atoms with Crippen LogP contribution in [0.1, 0.15) is 26.7 Å². The van der Waals surface area contributed by atoms with Crippen LogP contribution in [0.2, 0.25) is 0 Å². The Morgan fingerprint density at radius 2 is 1.87 bits per heavy atom. The van der Waals surface area contributed by atoms with Crippen molar-refractivity contribution in [2.45, 2.75) is 26.7 Å². The van der Waals surface area contributed by atoms with Crippen molar-refractivity contribution in [1.29, 1.82) is 0 Å². The summed E-state index contributed by atoms with van der Waals surface area (Å²) < 4.78 is 18.0. The van der Waals surface area contributed by atoms with Gasteiger partial charge in [0.05, 0.1) is 6.61 Å². The lowest BCUT2D eigenvalue weighted by Gasteiger charge is -2.17. The highest BCUT2D eigenvalue weighted by Gasteiger charge is 2.23. The predicted octanol–water partition coefficient (Wildman–Crippen LogP) is 3.43. The van der Waals surface area contributed by atoms with Crippen LogP contribution in [0.5, 0.6) is 0 Å². The lowest BCUT2D eigenvalue weighted by molar-refractivity contribution is 0.340. The van der Waals surface area contributed by atoms with E-state index in [-0.39, 0.29) is 0 Å². The van der Waals surface area contributed by atoms with E-state index in [1.54, 1.807) is 0 Å². The molecule has 0 saturated carbocycles. The molecule has 0 N–H and O–H groups in total. The van der Waals surface area contributed by atoms with E-state index in [0.717, 1.165) is 18.1 Å². The summed E-state index contributed by atoms with van der Waals surface area (Å²) in [6, 6.07) is 9.54. The van der Waals surface area contributed by atoms with E-state index in [2.05, 4.69) is 6.92 Å². The van der Waals surface area contributed by atoms with Crippen molar-refractivity contribution < 1.29 is 9.09 Å². The van der Waals surface area contributed by atoms with E-state index in [0.29, 0.717) is 12.8 Å². The van der Waals surface area contributed by atoms with Crippen LogP contribution in [0.25, 0.3) is 0 Å². The second-order valence-electron chi connectivity index (χ2n) is 3.50. The lowest BCUT2D eigenvalue weighted by Crippen LogP contribution is -2.10. The minimum absolute atomic E-state index is 0.510. The van der Waals surface area contributed by atoms with Crippen molar-refractivity contribution in [2.24, 2.45) is 0 Å². The van der Waals surface area contributed by atoms with Crippen LogP contribution < -0.4 is 5.30 Å². The van der Waals surface area contributed by atoms with Crippen molar-refractivity contribution in [1.82, 2.24) is 0 Å². The van der Waals surface area contributed by atoms with Crippen LogP contribution in [0.4, 0.5) is 0 Å². The Kier molecular flexibility index (Phi) is 5.07. The summed E-state index contributed by atoms with van der Waals surface area (Å²) in [5.74, 6) is 0. The van der Waals surface area contributed by atoms with Crippen molar-refractivity contribution in [2.75, 3.05) is 12.8 Å². The molecule has 2 nitrogen and oxygen atoms in total. The summed E-state index contributed by atoms with van der Waals surface area (Å²) in [4.78, 5) is 0. The molecule has 0 fully saturated rings. The smallest absolute Gasteiger partial charge is 0.232 e. The van der Waals surface area contributed by atoms with Gasteiger partial charge in [-0.2, -0.15) is 0 Å². The molecule has 0 amide bonds. The number of rotatable bonds is 6. The zero-order valence-corrected chi connectivity index (χ0v) is 10.4. The van der Waals surface area contributed by atoms with Gasteiger partial charge < -0.3 is 4.52 Å². The third-order valence-electron chi connectivity index (χ3n) is 2.29. The minimum atomic E-state index is -2.59. The van der Waals surface area contributed by atoms with E-state index in [9.17, 15) is 4.57 Å². The Balaban J connectivity index is 2.86. The van der Waals surface area contributed by atoms with Gasteiger partial charge in [-0.05, 0) is 25.5 Å². The predicted molar refractivity (Wildman–Crippen MR) is 65.1 cm³/mol. The molecular weight excluding hydrogens is 207 g/mol. The van der Waals surface area contributed by atoms with Gasteiger partial charge in [-0.15, -0.1) is 0 Å². The van der Waals surface area contributed by atoms with Gasteiger partial charge in [0.25, 0.3) is 0 Å². The highest BCUT2D eigenvalue weighted by Crippen LogP contribution is 2.46. The Bertz CT molecular complexity index is 322. The second-order valence-corrected chi connectivity index (χ2v) is 6.07. The fraction of sp³-hybridized carbons (Fsp3) is 0.500. The standard InChI is InChI=1S/C12H19O2P/c1-3-5-11-15(13,14-4-2)12-9-7-6-8-10-12/h6-10H,3-5,11H2,1-2H3. The number of unbranched alkanes of at least 4 members (excludes halogenated alkanes) is 1. The van der Waals surface area contributed by atoms with Gasteiger partial charge >= 0.3 is 0 Å². The SMILES string of the molecule is CCCCP(=O)(OCC)c1ccccc1. The summed E-state index contributed by atoms with van der Waals surface area (Å²) in [6.07, 6.45) is 2.65. The molecular formula is C12H19O2P. The molecule has 15 heavy (non-hydrogen) atoms. The third-order valence-corrected chi connectivity index (χ3v) is 4.96. The zero-order valence-electron chi connectivity index (χ0n) is 9.48. The van der Waals surface area contributed by atoms with Crippen LogP contribution in [0.3, 0.4) is 0 Å². The van der Waals surface area contributed by atoms with Crippen molar-refractivity contribution in [3.8, 4) is 0 Å². The quantitative estimate of drug-likeness (QED) is 0.695. The number of hydrogen-bond acceptors (Lipinski definition) is 2. The van der Waals surface area contributed by atoms with E-state index in [4.69, 9.17) is 4.52 Å². The lowest BCUT2D eigenvalue weighted by atomic mass is 10.4. The first-order valence-corrected chi connectivity index (χ1v) is 7.33. The van der Waals surface area contributed by atoms with Crippen LogP contribution in [-0.2, 0) is 9.09 Å². The van der Waals surface area contributed by atoms with E-state index in [1.807, 2.05) is 37.3 Å². The average molecular weight is 226 g/mol. The van der Waals surface area contributed by atoms with E-state index in [1.165, 1.54) is 0 Å². The molecule has 0 aliphatic carbocycles. The van der Waals surface area contributed by atoms with Gasteiger partial charge in [0.2, 0.25) is 7.37 Å². The molecule has 0 aliphatic rings. The molecule has 0 heterocycles. The number of benzene rings is 1. The summed E-state index contributed by atoms with van der Waals surface area (Å²) in [6.45, 7) is 4.50. The normalized spacial score (nSPS) is 14.8. The Morgan fingerprint density at radius 1 is 1.20 bits per heavy atom. The summed E-state index contributed by atoms with van der Waals surface area (Å²) >= 11 is 0. The van der Waals surface area contributed by atoms with E-state index < -0.39 is 7.37 Å². The zero-order chi connectivity index (χ0) is 11.1.